The van der Waals surface area contributed by atoms with E-state index >= 15 is 0 Å². The average molecular weight is 305 g/mol. The molecule has 0 radical (unpaired) electrons. The van der Waals surface area contributed by atoms with Crippen LogP contribution in [0.1, 0.15) is 30.6 Å². The van der Waals surface area contributed by atoms with Crippen LogP contribution in [-0.2, 0) is 0 Å². The lowest BCUT2D eigenvalue weighted by Gasteiger charge is -2.14. The van der Waals surface area contributed by atoms with Crippen molar-refractivity contribution in [3.05, 3.63) is 27.7 Å². The van der Waals surface area contributed by atoms with Crippen molar-refractivity contribution >= 4 is 34.8 Å². The number of nitrogens with two attached hydrogens (primary N) is 1. The first-order valence-electron chi connectivity index (χ1n) is 6.02. The maximum absolute atomic E-state index is 11.9. The van der Waals surface area contributed by atoms with E-state index in [2.05, 4.69) is 5.32 Å². The second-order valence-electron chi connectivity index (χ2n) is 4.86. The van der Waals surface area contributed by atoms with Crippen LogP contribution in [0.2, 0.25) is 10.0 Å². The summed E-state index contributed by atoms with van der Waals surface area (Å²) in [7, 11) is 0. The fourth-order valence-corrected chi connectivity index (χ4v) is 2.13. The molecule has 0 bridgehead atoms. The number of carbonyl (C=O) groups excluding carboxylic acids is 1. The van der Waals surface area contributed by atoms with E-state index in [1.54, 1.807) is 0 Å². The van der Waals surface area contributed by atoms with E-state index in [0.717, 1.165) is 0 Å². The molecule has 0 heterocycles. The lowest BCUT2D eigenvalue weighted by molar-refractivity contribution is 0.0900. The predicted octanol–water partition coefficient (Wildman–Crippen LogP) is 2.71. The van der Waals surface area contributed by atoms with Crippen LogP contribution >= 0.6 is 23.2 Å². The summed E-state index contributed by atoms with van der Waals surface area (Å²) in [6.07, 6.45) is 0.0327. The molecule has 1 unspecified atom stereocenters. The molecule has 0 aromatic heterocycles. The lowest BCUT2D eigenvalue weighted by atomic mass is 10.1. The molecule has 0 spiro atoms. The van der Waals surface area contributed by atoms with Gasteiger partial charge in [-0.05, 0) is 24.5 Å². The molecule has 106 valence electrons. The zero-order valence-corrected chi connectivity index (χ0v) is 12.4. The highest BCUT2D eigenvalue weighted by Gasteiger charge is 2.15. The largest absolute Gasteiger partial charge is 0.399 e. The third kappa shape index (κ3) is 4.90. The zero-order valence-electron chi connectivity index (χ0n) is 10.9. The summed E-state index contributed by atoms with van der Waals surface area (Å²) in [5, 5.41) is 12.7. The minimum atomic E-state index is -0.584. The molecule has 0 saturated heterocycles. The Balaban J connectivity index is 2.69. The highest BCUT2D eigenvalue weighted by atomic mass is 35.5. The number of aliphatic hydroxyl groups excluding tert-OH is 1. The first-order valence-corrected chi connectivity index (χ1v) is 6.77. The molecular formula is C13H18Cl2N2O2. The molecular weight excluding hydrogens is 287 g/mol. The number of halogens is 2. The molecule has 1 aromatic carbocycles. The van der Waals surface area contributed by atoms with Gasteiger partial charge in [0.1, 0.15) is 0 Å². The standard InChI is InChI=1S/C13H18Cl2N2O2/c1-7(2)3-9(18)6-17-13(19)10-4-8(16)5-11(14)12(10)15/h4-5,7,9,18H,3,6,16H2,1-2H3,(H,17,19). The third-order valence-electron chi connectivity index (χ3n) is 2.54. The fraction of sp³-hybridized carbons (Fsp3) is 0.462. The van der Waals surface area contributed by atoms with Crippen LogP contribution in [0.15, 0.2) is 12.1 Å². The van der Waals surface area contributed by atoms with Crippen LogP contribution in [0, 0.1) is 5.92 Å². The van der Waals surface area contributed by atoms with Gasteiger partial charge in [-0.1, -0.05) is 37.0 Å². The first-order chi connectivity index (χ1) is 8.81. The minimum absolute atomic E-state index is 0.159. The Morgan fingerprint density at radius 3 is 2.63 bits per heavy atom. The second kappa shape index (κ2) is 6.98. The van der Waals surface area contributed by atoms with Crippen molar-refractivity contribution in [2.24, 2.45) is 5.92 Å². The molecule has 0 aliphatic rings. The van der Waals surface area contributed by atoms with Gasteiger partial charge in [0.15, 0.2) is 0 Å². The maximum atomic E-state index is 11.9. The fourth-order valence-electron chi connectivity index (χ4n) is 1.71. The van der Waals surface area contributed by atoms with Gasteiger partial charge < -0.3 is 16.2 Å². The summed E-state index contributed by atoms with van der Waals surface area (Å²) in [5.41, 5.74) is 6.19. The van der Waals surface area contributed by atoms with Crippen molar-refractivity contribution in [3.63, 3.8) is 0 Å². The number of hydrogen-bond acceptors (Lipinski definition) is 3. The smallest absolute Gasteiger partial charge is 0.253 e. The van der Waals surface area contributed by atoms with Crippen LogP contribution in [-0.4, -0.2) is 23.7 Å². The molecule has 6 heteroatoms. The van der Waals surface area contributed by atoms with Crippen LogP contribution in [0.4, 0.5) is 5.69 Å². The van der Waals surface area contributed by atoms with Gasteiger partial charge in [0.25, 0.3) is 5.91 Å². The molecule has 4 nitrogen and oxygen atoms in total. The van der Waals surface area contributed by atoms with Crippen molar-refractivity contribution in [2.45, 2.75) is 26.4 Å². The van der Waals surface area contributed by atoms with E-state index in [4.69, 9.17) is 28.9 Å². The monoisotopic (exact) mass is 304 g/mol. The quantitative estimate of drug-likeness (QED) is 0.732. The Labute approximate surface area is 122 Å². The first kappa shape index (κ1) is 16.1. The van der Waals surface area contributed by atoms with E-state index in [0.29, 0.717) is 18.0 Å². The van der Waals surface area contributed by atoms with Crippen LogP contribution < -0.4 is 11.1 Å². The number of hydrogen-bond donors (Lipinski definition) is 3. The highest BCUT2D eigenvalue weighted by molar-refractivity contribution is 6.44. The number of aliphatic hydroxyl groups is 1. The SMILES string of the molecule is CC(C)CC(O)CNC(=O)c1cc(N)cc(Cl)c1Cl. The van der Waals surface area contributed by atoms with Crippen molar-refractivity contribution in [1.29, 1.82) is 0 Å². The zero-order chi connectivity index (χ0) is 14.6. The van der Waals surface area contributed by atoms with E-state index in [9.17, 15) is 9.90 Å². The Hall–Kier alpha value is -0.970. The highest BCUT2D eigenvalue weighted by Crippen LogP contribution is 2.28. The number of benzene rings is 1. The van der Waals surface area contributed by atoms with Crippen molar-refractivity contribution < 1.29 is 9.90 Å². The van der Waals surface area contributed by atoms with E-state index in [1.165, 1.54) is 12.1 Å². The molecule has 0 fully saturated rings. The summed E-state index contributed by atoms with van der Waals surface area (Å²) in [5.74, 6) is -0.0423. The Morgan fingerprint density at radius 2 is 2.05 bits per heavy atom. The van der Waals surface area contributed by atoms with Crippen LogP contribution in [0.3, 0.4) is 0 Å². The van der Waals surface area contributed by atoms with Gasteiger partial charge in [-0.3, -0.25) is 4.79 Å². The topological polar surface area (TPSA) is 75.3 Å². The molecule has 0 aliphatic carbocycles. The van der Waals surface area contributed by atoms with Gasteiger partial charge in [0.05, 0.1) is 21.7 Å². The van der Waals surface area contributed by atoms with Gasteiger partial charge >= 0.3 is 0 Å². The predicted molar refractivity (Wildman–Crippen MR) is 78.7 cm³/mol. The molecule has 4 N–H and O–H groups in total. The number of carbonyl (C=O) groups is 1. The van der Waals surface area contributed by atoms with Gasteiger partial charge in [-0.2, -0.15) is 0 Å². The number of nitrogen functional groups attached to an aromatic ring is 1. The number of nitrogens with one attached hydrogen (secondary N) is 1. The molecule has 1 atom stereocenters. The maximum Gasteiger partial charge on any atom is 0.253 e. The minimum Gasteiger partial charge on any atom is -0.399 e. The van der Waals surface area contributed by atoms with Crippen molar-refractivity contribution in [1.82, 2.24) is 5.32 Å². The van der Waals surface area contributed by atoms with Gasteiger partial charge in [0, 0.05) is 12.2 Å². The second-order valence-corrected chi connectivity index (χ2v) is 5.64. The summed E-state index contributed by atoms with van der Waals surface area (Å²) < 4.78 is 0. The number of rotatable bonds is 5. The normalized spacial score (nSPS) is 12.5. The van der Waals surface area contributed by atoms with E-state index < -0.39 is 12.0 Å². The molecule has 19 heavy (non-hydrogen) atoms. The number of amides is 1. The van der Waals surface area contributed by atoms with Crippen molar-refractivity contribution in [2.75, 3.05) is 12.3 Å². The third-order valence-corrected chi connectivity index (χ3v) is 3.34. The van der Waals surface area contributed by atoms with Crippen molar-refractivity contribution in [3.8, 4) is 0 Å². The summed E-state index contributed by atoms with van der Waals surface area (Å²) in [4.78, 5) is 11.9. The molecule has 1 rings (SSSR count). The number of anilines is 1. The van der Waals surface area contributed by atoms with Crippen LogP contribution in [0.5, 0.6) is 0 Å². The Kier molecular flexibility index (Phi) is 5.91. The Morgan fingerprint density at radius 1 is 1.42 bits per heavy atom. The van der Waals surface area contributed by atoms with Gasteiger partial charge in [-0.15, -0.1) is 0 Å². The van der Waals surface area contributed by atoms with E-state index in [1.807, 2.05) is 13.8 Å². The van der Waals surface area contributed by atoms with Gasteiger partial charge in [-0.25, -0.2) is 0 Å². The Bertz CT molecular complexity index is 464. The summed E-state index contributed by atoms with van der Waals surface area (Å²) >= 11 is 11.8. The van der Waals surface area contributed by atoms with Crippen LogP contribution in [0.25, 0.3) is 0 Å². The molecule has 1 aromatic rings. The van der Waals surface area contributed by atoms with E-state index in [-0.39, 0.29) is 22.2 Å². The summed E-state index contributed by atoms with van der Waals surface area (Å²) in [6, 6.07) is 2.94. The summed E-state index contributed by atoms with van der Waals surface area (Å²) in [6.45, 7) is 4.17. The van der Waals surface area contributed by atoms with Gasteiger partial charge in [0.2, 0.25) is 0 Å². The molecule has 0 aliphatic heterocycles. The lowest BCUT2D eigenvalue weighted by Crippen LogP contribution is -2.33. The molecule has 1 amide bonds. The molecule has 0 saturated carbocycles. The average Bonchev–Trinajstić information content (AvgIpc) is 2.29.